The summed E-state index contributed by atoms with van der Waals surface area (Å²) < 4.78 is 20.1. The van der Waals surface area contributed by atoms with Crippen molar-refractivity contribution in [3.05, 3.63) is 74.5 Å². The summed E-state index contributed by atoms with van der Waals surface area (Å²) in [6, 6.07) is 9.22. The topological polar surface area (TPSA) is 64.4 Å². The molecule has 1 heterocycles. The molecule has 0 saturated heterocycles. The Labute approximate surface area is 158 Å². The standard InChI is InChI=1S/C18H15Cl2FN2O3/c19-12-5-14-17(15(20)6-12)22-10-23(18(14)25)7-13(24)9-26-8-11-3-1-2-4-16(11)21/h1-6,10,13,24H,7-9H2/t13-/m1/s1. The molecule has 0 aliphatic rings. The normalized spacial score (nSPS) is 12.5. The van der Waals surface area contributed by atoms with Crippen LogP contribution < -0.4 is 5.56 Å². The van der Waals surface area contributed by atoms with Crippen LogP contribution in [0.5, 0.6) is 0 Å². The lowest BCUT2D eigenvalue weighted by Gasteiger charge is -2.14. The van der Waals surface area contributed by atoms with Gasteiger partial charge in [-0.15, -0.1) is 0 Å². The predicted octanol–water partition coefficient (Wildman–Crippen LogP) is 3.42. The van der Waals surface area contributed by atoms with Gasteiger partial charge in [-0.25, -0.2) is 9.37 Å². The molecule has 0 saturated carbocycles. The highest BCUT2D eigenvalue weighted by Crippen LogP contribution is 2.23. The van der Waals surface area contributed by atoms with Crippen molar-refractivity contribution in [3.8, 4) is 0 Å². The van der Waals surface area contributed by atoms with Crippen molar-refractivity contribution in [1.29, 1.82) is 0 Å². The minimum Gasteiger partial charge on any atom is -0.389 e. The molecule has 136 valence electrons. The first-order valence-corrected chi connectivity index (χ1v) is 8.54. The van der Waals surface area contributed by atoms with E-state index in [0.717, 1.165) is 0 Å². The van der Waals surface area contributed by atoms with E-state index in [1.807, 2.05) is 0 Å². The van der Waals surface area contributed by atoms with Crippen LogP contribution in [0.4, 0.5) is 4.39 Å². The third-order valence-electron chi connectivity index (χ3n) is 3.78. The van der Waals surface area contributed by atoms with E-state index in [0.29, 0.717) is 16.1 Å². The Kier molecular flexibility index (Phi) is 5.88. The van der Waals surface area contributed by atoms with Crippen LogP contribution in [0.1, 0.15) is 5.56 Å². The first kappa shape index (κ1) is 18.8. The summed E-state index contributed by atoms with van der Waals surface area (Å²) in [7, 11) is 0. The summed E-state index contributed by atoms with van der Waals surface area (Å²) in [6.07, 6.45) is 0.346. The van der Waals surface area contributed by atoms with E-state index < -0.39 is 6.10 Å². The molecule has 0 aliphatic carbocycles. The van der Waals surface area contributed by atoms with Gasteiger partial charge in [0, 0.05) is 10.6 Å². The number of ether oxygens (including phenoxy) is 1. The molecule has 1 N–H and O–H groups in total. The molecule has 1 aromatic heterocycles. The Balaban J connectivity index is 1.68. The van der Waals surface area contributed by atoms with Crippen LogP contribution in [-0.4, -0.2) is 27.4 Å². The lowest BCUT2D eigenvalue weighted by atomic mass is 10.2. The molecule has 3 rings (SSSR count). The molecule has 0 fully saturated rings. The molecule has 0 bridgehead atoms. The minimum absolute atomic E-state index is 0.0246. The van der Waals surface area contributed by atoms with Crippen LogP contribution in [0.25, 0.3) is 10.9 Å². The summed E-state index contributed by atoms with van der Waals surface area (Å²) in [5, 5.41) is 11.0. The van der Waals surface area contributed by atoms with Gasteiger partial charge in [-0.3, -0.25) is 9.36 Å². The van der Waals surface area contributed by atoms with E-state index in [9.17, 15) is 14.3 Å². The second-order valence-electron chi connectivity index (χ2n) is 5.75. The second kappa shape index (κ2) is 8.14. The quantitative estimate of drug-likeness (QED) is 0.693. The van der Waals surface area contributed by atoms with Crippen molar-refractivity contribution in [1.82, 2.24) is 9.55 Å². The Hall–Kier alpha value is -1.99. The number of aromatic nitrogens is 2. The smallest absolute Gasteiger partial charge is 0.261 e. The third kappa shape index (κ3) is 4.22. The number of rotatable bonds is 6. The van der Waals surface area contributed by atoms with Crippen molar-refractivity contribution in [2.24, 2.45) is 0 Å². The van der Waals surface area contributed by atoms with Crippen molar-refractivity contribution in [3.63, 3.8) is 0 Å². The Morgan fingerprint density at radius 1 is 1.27 bits per heavy atom. The first-order chi connectivity index (χ1) is 12.5. The van der Waals surface area contributed by atoms with E-state index in [-0.39, 0.29) is 41.5 Å². The van der Waals surface area contributed by atoms with Gasteiger partial charge in [-0.05, 0) is 18.2 Å². The molecule has 3 aromatic rings. The number of halogens is 3. The van der Waals surface area contributed by atoms with Crippen LogP contribution in [0.2, 0.25) is 10.0 Å². The molecule has 0 aliphatic heterocycles. The number of hydrogen-bond acceptors (Lipinski definition) is 4. The highest BCUT2D eigenvalue weighted by molar-refractivity contribution is 6.38. The predicted molar refractivity (Wildman–Crippen MR) is 98.1 cm³/mol. The average molecular weight is 397 g/mol. The zero-order valence-electron chi connectivity index (χ0n) is 13.5. The van der Waals surface area contributed by atoms with Crippen molar-refractivity contribution < 1.29 is 14.2 Å². The van der Waals surface area contributed by atoms with Gasteiger partial charge in [-0.1, -0.05) is 41.4 Å². The number of benzene rings is 2. The summed E-state index contributed by atoms with van der Waals surface area (Å²) in [4.78, 5) is 16.7. The maximum Gasteiger partial charge on any atom is 0.261 e. The van der Waals surface area contributed by atoms with Crippen LogP contribution in [0.3, 0.4) is 0 Å². The molecule has 0 radical (unpaired) electrons. The highest BCUT2D eigenvalue weighted by Gasteiger charge is 2.12. The SMILES string of the molecule is O=c1c2cc(Cl)cc(Cl)c2ncn1C[C@@H](O)COCc1ccccc1F. The van der Waals surface area contributed by atoms with Gasteiger partial charge in [0.15, 0.2) is 0 Å². The summed E-state index contributed by atoms with van der Waals surface area (Å²) in [6.45, 7) is -0.0574. The lowest BCUT2D eigenvalue weighted by molar-refractivity contribution is 0.0189. The molecule has 0 amide bonds. The summed E-state index contributed by atoms with van der Waals surface area (Å²) in [5.41, 5.74) is 0.378. The van der Waals surface area contributed by atoms with Crippen molar-refractivity contribution in [2.45, 2.75) is 19.3 Å². The molecular formula is C18H15Cl2FN2O3. The van der Waals surface area contributed by atoms with Gasteiger partial charge in [0.25, 0.3) is 5.56 Å². The first-order valence-electron chi connectivity index (χ1n) is 7.79. The maximum absolute atomic E-state index is 13.5. The van der Waals surface area contributed by atoms with E-state index in [2.05, 4.69) is 4.98 Å². The monoisotopic (exact) mass is 396 g/mol. The Morgan fingerprint density at radius 2 is 2.04 bits per heavy atom. The number of aliphatic hydroxyl groups is 1. The van der Waals surface area contributed by atoms with E-state index in [1.165, 1.54) is 29.1 Å². The average Bonchev–Trinajstić information content (AvgIpc) is 2.59. The van der Waals surface area contributed by atoms with Crippen LogP contribution in [-0.2, 0) is 17.9 Å². The molecule has 5 nitrogen and oxygen atoms in total. The molecular weight excluding hydrogens is 382 g/mol. The van der Waals surface area contributed by atoms with Crippen molar-refractivity contribution >= 4 is 34.1 Å². The zero-order chi connectivity index (χ0) is 18.7. The van der Waals surface area contributed by atoms with Crippen LogP contribution >= 0.6 is 23.2 Å². The van der Waals surface area contributed by atoms with Gasteiger partial charge >= 0.3 is 0 Å². The fraction of sp³-hybridized carbons (Fsp3) is 0.222. The van der Waals surface area contributed by atoms with Gasteiger partial charge < -0.3 is 9.84 Å². The second-order valence-corrected chi connectivity index (χ2v) is 6.59. The molecule has 26 heavy (non-hydrogen) atoms. The fourth-order valence-electron chi connectivity index (χ4n) is 2.52. The number of aliphatic hydroxyl groups excluding tert-OH is 1. The fourth-order valence-corrected chi connectivity index (χ4v) is 3.07. The Bertz CT molecular complexity index is 994. The number of fused-ring (bicyclic) bond motifs is 1. The maximum atomic E-state index is 13.5. The van der Waals surface area contributed by atoms with E-state index in [4.69, 9.17) is 27.9 Å². The molecule has 8 heteroatoms. The number of hydrogen-bond donors (Lipinski definition) is 1. The summed E-state index contributed by atoms with van der Waals surface area (Å²) in [5.74, 6) is -0.370. The summed E-state index contributed by atoms with van der Waals surface area (Å²) >= 11 is 12.0. The zero-order valence-corrected chi connectivity index (χ0v) is 15.0. The lowest BCUT2D eigenvalue weighted by Crippen LogP contribution is -2.29. The van der Waals surface area contributed by atoms with Gasteiger partial charge in [0.1, 0.15) is 5.82 Å². The number of nitrogens with zero attached hydrogens (tertiary/aromatic N) is 2. The molecule has 0 spiro atoms. The van der Waals surface area contributed by atoms with Crippen LogP contribution in [0, 0.1) is 5.82 Å². The molecule has 2 aromatic carbocycles. The minimum atomic E-state index is -0.964. The van der Waals surface area contributed by atoms with E-state index in [1.54, 1.807) is 18.2 Å². The van der Waals surface area contributed by atoms with Gasteiger partial charge in [0.05, 0.1) is 48.1 Å². The van der Waals surface area contributed by atoms with E-state index >= 15 is 0 Å². The highest BCUT2D eigenvalue weighted by atomic mass is 35.5. The van der Waals surface area contributed by atoms with Crippen LogP contribution in [0.15, 0.2) is 47.5 Å². The van der Waals surface area contributed by atoms with Crippen molar-refractivity contribution in [2.75, 3.05) is 6.61 Å². The van der Waals surface area contributed by atoms with Gasteiger partial charge in [-0.2, -0.15) is 0 Å². The Morgan fingerprint density at radius 3 is 2.81 bits per heavy atom. The van der Waals surface area contributed by atoms with Gasteiger partial charge in [0.2, 0.25) is 0 Å². The third-order valence-corrected chi connectivity index (χ3v) is 4.29. The molecule has 0 unspecified atom stereocenters. The molecule has 1 atom stereocenters. The largest absolute Gasteiger partial charge is 0.389 e.